The van der Waals surface area contributed by atoms with Gasteiger partial charge in [0, 0.05) is 31.8 Å². The van der Waals surface area contributed by atoms with Gasteiger partial charge in [-0.2, -0.15) is 0 Å². The zero-order chi connectivity index (χ0) is 36.7. The first-order valence-electron chi connectivity index (χ1n) is 17.9. The number of methoxy groups -OCH3 is 1. The molecule has 2 bridgehead atoms. The van der Waals surface area contributed by atoms with E-state index in [9.17, 15) is 24.9 Å². The topological polar surface area (TPSA) is 150 Å². The number of aliphatic hydroxyl groups excluding tert-OH is 2. The largest absolute Gasteiger partial charge is 0.462 e. The van der Waals surface area contributed by atoms with E-state index in [4.69, 9.17) is 28.4 Å². The number of esters is 2. The highest BCUT2D eigenvalue weighted by Crippen LogP contribution is 2.48. The van der Waals surface area contributed by atoms with Crippen LogP contribution < -0.4 is 0 Å². The van der Waals surface area contributed by atoms with E-state index in [0.29, 0.717) is 12.0 Å². The van der Waals surface area contributed by atoms with Gasteiger partial charge < -0.3 is 43.7 Å². The van der Waals surface area contributed by atoms with Crippen LogP contribution in [0.4, 0.5) is 0 Å². The predicted molar refractivity (Wildman–Crippen MR) is 184 cm³/mol. The molecule has 50 heavy (non-hydrogen) atoms. The molecule has 4 heterocycles. The van der Waals surface area contributed by atoms with Crippen LogP contribution in [0, 0.1) is 23.7 Å². The summed E-state index contributed by atoms with van der Waals surface area (Å²) in [5.41, 5.74) is 1.05. The Balaban J connectivity index is 1.60. The van der Waals surface area contributed by atoms with Crippen LogP contribution in [0.2, 0.25) is 0 Å². The standard InChI is InChI=1S/C39H56O11/c1-10-21(4)31-25(8)33(48-36(42)20(2)3)34(41)38(50-31)18-28-17-27(49-38)15-14-23(6)30(40)22(5)12-11-13-26-19-46-35-32(45-9)24(7)16-29(37(43)47-28)39(26,35)44/h10-14,16,20,22,25,27-35,40-41,44H,15,17-19H2,1-9H3/b12-11?,21-10+,23-14?,26-13?/t22-,25+,27+,28-,29-,30+,31+,32+,33-,34+,35+,38-,39+/m0/s1. The van der Waals surface area contributed by atoms with E-state index in [1.165, 1.54) is 7.11 Å². The minimum absolute atomic E-state index is 0.0470. The highest BCUT2D eigenvalue weighted by atomic mass is 16.7. The van der Waals surface area contributed by atoms with E-state index in [1.54, 1.807) is 32.1 Å². The van der Waals surface area contributed by atoms with Gasteiger partial charge in [-0.15, -0.1) is 0 Å². The summed E-state index contributed by atoms with van der Waals surface area (Å²) in [6, 6.07) is 0. The molecule has 3 fully saturated rings. The van der Waals surface area contributed by atoms with Crippen LogP contribution in [0.5, 0.6) is 0 Å². The summed E-state index contributed by atoms with van der Waals surface area (Å²) in [4.78, 5) is 27.3. The molecule has 4 aliphatic heterocycles. The first kappa shape index (κ1) is 38.6. The molecular weight excluding hydrogens is 644 g/mol. The summed E-state index contributed by atoms with van der Waals surface area (Å²) >= 11 is 0. The van der Waals surface area contributed by atoms with Crippen molar-refractivity contribution in [1.29, 1.82) is 0 Å². The Hall–Kier alpha value is -2.64. The Bertz CT molecular complexity index is 1440. The van der Waals surface area contributed by atoms with Crippen LogP contribution in [-0.4, -0.2) is 101 Å². The summed E-state index contributed by atoms with van der Waals surface area (Å²) < 4.78 is 37.5. The zero-order valence-electron chi connectivity index (χ0n) is 30.8. The van der Waals surface area contributed by atoms with E-state index < -0.39 is 89.9 Å². The second-order valence-corrected chi connectivity index (χ2v) is 15.1. The summed E-state index contributed by atoms with van der Waals surface area (Å²) in [5, 5.41) is 35.7. The molecular formula is C39H56O11. The molecule has 0 amide bonds. The Kier molecular flexibility index (Phi) is 11.7. The van der Waals surface area contributed by atoms with Crippen molar-refractivity contribution in [2.75, 3.05) is 13.7 Å². The van der Waals surface area contributed by atoms with Gasteiger partial charge in [-0.1, -0.05) is 64.2 Å². The van der Waals surface area contributed by atoms with Crippen LogP contribution >= 0.6 is 0 Å². The average Bonchev–Trinajstić information content (AvgIpc) is 3.41. The molecule has 11 heteroatoms. The Morgan fingerprint density at radius 1 is 1.12 bits per heavy atom. The van der Waals surface area contributed by atoms with Crippen molar-refractivity contribution in [3.8, 4) is 0 Å². The third-order valence-electron chi connectivity index (χ3n) is 11.3. The third kappa shape index (κ3) is 7.07. The Labute approximate surface area is 296 Å². The normalized spacial score (nSPS) is 42.7. The molecule has 3 saturated heterocycles. The van der Waals surface area contributed by atoms with Crippen molar-refractivity contribution in [3.63, 3.8) is 0 Å². The quantitative estimate of drug-likeness (QED) is 0.285. The number of hydrogen-bond donors (Lipinski definition) is 3. The Morgan fingerprint density at radius 3 is 2.50 bits per heavy atom. The molecule has 1 spiro atoms. The number of allylic oxidation sites excluding steroid dienone is 3. The summed E-state index contributed by atoms with van der Waals surface area (Å²) in [7, 11) is 1.54. The van der Waals surface area contributed by atoms with Gasteiger partial charge in [0.05, 0.1) is 30.8 Å². The maximum absolute atomic E-state index is 14.3. The van der Waals surface area contributed by atoms with E-state index in [2.05, 4.69) is 0 Å². The van der Waals surface area contributed by atoms with Gasteiger partial charge in [0.1, 0.15) is 42.0 Å². The van der Waals surface area contributed by atoms with Crippen LogP contribution in [0.3, 0.4) is 0 Å². The predicted octanol–water partition coefficient (Wildman–Crippen LogP) is 4.25. The first-order valence-corrected chi connectivity index (χ1v) is 17.9. The smallest absolute Gasteiger partial charge is 0.316 e. The van der Waals surface area contributed by atoms with E-state index in [0.717, 1.165) is 16.7 Å². The highest BCUT2D eigenvalue weighted by Gasteiger charge is 2.62. The molecule has 0 aromatic carbocycles. The summed E-state index contributed by atoms with van der Waals surface area (Å²) in [6.45, 7) is 14.8. The molecule has 13 atom stereocenters. The van der Waals surface area contributed by atoms with E-state index >= 15 is 0 Å². The minimum atomic E-state index is -1.76. The van der Waals surface area contributed by atoms with Crippen LogP contribution in [0.15, 0.2) is 58.7 Å². The molecule has 0 aromatic rings. The van der Waals surface area contributed by atoms with Gasteiger partial charge >= 0.3 is 11.9 Å². The fourth-order valence-corrected chi connectivity index (χ4v) is 8.09. The van der Waals surface area contributed by atoms with E-state index in [1.807, 2.05) is 59.8 Å². The Morgan fingerprint density at radius 2 is 1.84 bits per heavy atom. The summed E-state index contributed by atoms with van der Waals surface area (Å²) in [5.74, 6) is -5.06. The number of ether oxygens (including phenoxy) is 6. The van der Waals surface area contributed by atoms with E-state index in [-0.39, 0.29) is 25.4 Å². The molecule has 1 aliphatic carbocycles. The molecule has 5 aliphatic rings. The number of carbonyl (C=O) groups is 2. The first-order chi connectivity index (χ1) is 23.6. The molecule has 11 nitrogen and oxygen atoms in total. The maximum atomic E-state index is 14.3. The molecule has 3 N–H and O–H groups in total. The van der Waals surface area contributed by atoms with Gasteiger partial charge in [0.2, 0.25) is 5.79 Å². The molecule has 0 saturated carbocycles. The lowest BCUT2D eigenvalue weighted by Gasteiger charge is -2.54. The van der Waals surface area contributed by atoms with Gasteiger partial charge in [-0.25, -0.2) is 0 Å². The minimum Gasteiger partial charge on any atom is -0.462 e. The van der Waals surface area contributed by atoms with Crippen LogP contribution in [0.25, 0.3) is 0 Å². The number of carbonyl (C=O) groups excluding carboxylic acids is 2. The lowest BCUT2D eigenvalue weighted by molar-refractivity contribution is -0.380. The number of rotatable bonds is 4. The van der Waals surface area contributed by atoms with Gasteiger partial charge in [0.15, 0.2) is 0 Å². The highest BCUT2D eigenvalue weighted by molar-refractivity contribution is 5.78. The lowest BCUT2D eigenvalue weighted by atomic mass is 9.70. The lowest BCUT2D eigenvalue weighted by Crippen LogP contribution is -2.67. The SMILES string of the molecule is C/C=C(\C)[C@H]1O[C@@]2(C[C@@H]3C[C@@H](CC=C(C)[C@H](O)[C@@H](C)C=CC=C4CO[C@@H]5[C@H](OC)C(C)=C[C@@H](C(=O)O3)[C@]45O)O2)[C@H](O)[C@@H](OC(=O)C(C)C)[C@@H]1C. The van der Waals surface area contributed by atoms with Gasteiger partial charge in [-0.3, -0.25) is 9.59 Å². The van der Waals surface area contributed by atoms with Crippen molar-refractivity contribution in [1.82, 2.24) is 0 Å². The molecule has 0 unspecified atom stereocenters. The van der Waals surface area contributed by atoms with Crippen molar-refractivity contribution < 1.29 is 53.3 Å². The van der Waals surface area contributed by atoms with Crippen molar-refractivity contribution >= 4 is 11.9 Å². The molecule has 0 aromatic heterocycles. The molecule has 5 rings (SSSR count). The molecule has 278 valence electrons. The fraction of sp³-hybridized carbons (Fsp3) is 0.692. The summed E-state index contributed by atoms with van der Waals surface area (Å²) in [6.07, 6.45) is 4.77. The van der Waals surface area contributed by atoms with Gasteiger partial charge in [0.25, 0.3) is 0 Å². The van der Waals surface area contributed by atoms with Crippen molar-refractivity contribution in [2.45, 2.75) is 135 Å². The zero-order valence-corrected chi connectivity index (χ0v) is 30.8. The van der Waals surface area contributed by atoms with Crippen molar-refractivity contribution in [3.05, 3.63) is 58.7 Å². The third-order valence-corrected chi connectivity index (χ3v) is 11.3. The number of fused-ring (bicyclic) bond motifs is 2. The maximum Gasteiger partial charge on any atom is 0.316 e. The fourth-order valence-electron chi connectivity index (χ4n) is 8.09. The van der Waals surface area contributed by atoms with Crippen LogP contribution in [0.1, 0.15) is 74.7 Å². The second-order valence-electron chi connectivity index (χ2n) is 15.1. The number of hydrogen-bond acceptors (Lipinski definition) is 11. The molecule has 0 radical (unpaired) electrons. The second kappa shape index (κ2) is 15.1. The van der Waals surface area contributed by atoms with Crippen molar-refractivity contribution in [2.24, 2.45) is 23.7 Å². The average molecular weight is 701 g/mol. The number of aliphatic hydroxyl groups is 3. The van der Waals surface area contributed by atoms with Crippen LogP contribution in [-0.2, 0) is 38.0 Å². The van der Waals surface area contributed by atoms with Gasteiger partial charge in [-0.05, 0) is 56.4 Å². The monoisotopic (exact) mass is 700 g/mol.